The number of ether oxygens (including phenoxy) is 2. The van der Waals surface area contributed by atoms with Crippen LogP contribution in [0.2, 0.25) is 0 Å². The molecule has 0 saturated carbocycles. The Morgan fingerprint density at radius 1 is 0.806 bits per heavy atom. The molecule has 3 aromatic carbocycles. The average Bonchev–Trinajstić information content (AvgIpc) is 2.87. The molecule has 36 heavy (non-hydrogen) atoms. The molecule has 0 aliphatic carbocycles. The standard InChI is InChI=1S/C27H29NO7S/c1-36(31,32)35-24-14-12-22(13-15-24)26(27(30)34-19-21-10-6-3-7-11-21)23(17-28)16-25(29)33-18-20-8-4-2-5-9-20/h2-15,23,26H,16-19,28H2,1H3. The van der Waals surface area contributed by atoms with Crippen LogP contribution in [0, 0.1) is 5.92 Å². The van der Waals surface area contributed by atoms with E-state index in [0.717, 1.165) is 17.4 Å². The number of esters is 2. The highest BCUT2D eigenvalue weighted by atomic mass is 32.2. The van der Waals surface area contributed by atoms with Crippen molar-refractivity contribution in [1.82, 2.24) is 0 Å². The van der Waals surface area contributed by atoms with Gasteiger partial charge in [0.1, 0.15) is 19.0 Å². The van der Waals surface area contributed by atoms with Gasteiger partial charge >= 0.3 is 22.1 Å². The first-order chi connectivity index (χ1) is 17.2. The number of rotatable bonds is 12. The molecule has 3 rings (SSSR count). The zero-order valence-corrected chi connectivity index (χ0v) is 20.7. The number of carbonyl (C=O) groups is 2. The Morgan fingerprint density at radius 2 is 1.33 bits per heavy atom. The third-order valence-electron chi connectivity index (χ3n) is 5.41. The summed E-state index contributed by atoms with van der Waals surface area (Å²) < 4.78 is 38.7. The summed E-state index contributed by atoms with van der Waals surface area (Å²) in [5.41, 5.74) is 8.18. The van der Waals surface area contributed by atoms with Gasteiger partial charge in [-0.3, -0.25) is 9.59 Å². The van der Waals surface area contributed by atoms with Crippen molar-refractivity contribution in [2.75, 3.05) is 12.8 Å². The Bertz CT molecular complexity index is 1230. The van der Waals surface area contributed by atoms with Crippen molar-refractivity contribution in [1.29, 1.82) is 0 Å². The molecule has 0 aliphatic heterocycles. The van der Waals surface area contributed by atoms with Gasteiger partial charge in [0.05, 0.1) is 18.6 Å². The van der Waals surface area contributed by atoms with E-state index in [1.807, 2.05) is 60.7 Å². The molecule has 0 saturated heterocycles. The van der Waals surface area contributed by atoms with Crippen molar-refractivity contribution in [3.05, 3.63) is 102 Å². The van der Waals surface area contributed by atoms with Crippen molar-refractivity contribution >= 4 is 22.1 Å². The van der Waals surface area contributed by atoms with E-state index in [4.69, 9.17) is 19.4 Å². The zero-order valence-electron chi connectivity index (χ0n) is 19.9. The molecule has 0 heterocycles. The van der Waals surface area contributed by atoms with E-state index >= 15 is 0 Å². The van der Waals surface area contributed by atoms with Crippen LogP contribution in [0.1, 0.15) is 29.0 Å². The molecule has 8 nitrogen and oxygen atoms in total. The van der Waals surface area contributed by atoms with Gasteiger partial charge in [0.25, 0.3) is 0 Å². The van der Waals surface area contributed by atoms with Crippen molar-refractivity contribution in [2.24, 2.45) is 11.7 Å². The molecule has 0 spiro atoms. The number of benzene rings is 3. The molecule has 0 fully saturated rings. The van der Waals surface area contributed by atoms with Crippen LogP contribution >= 0.6 is 0 Å². The van der Waals surface area contributed by atoms with Crippen LogP contribution in [-0.4, -0.2) is 33.2 Å². The molecule has 2 atom stereocenters. The van der Waals surface area contributed by atoms with E-state index in [0.29, 0.717) is 5.56 Å². The van der Waals surface area contributed by atoms with Crippen LogP contribution in [0.5, 0.6) is 5.75 Å². The van der Waals surface area contributed by atoms with Crippen LogP contribution in [0.25, 0.3) is 0 Å². The van der Waals surface area contributed by atoms with Gasteiger partial charge < -0.3 is 19.4 Å². The second-order valence-electron chi connectivity index (χ2n) is 8.27. The fourth-order valence-corrected chi connectivity index (χ4v) is 4.13. The molecule has 0 amide bonds. The van der Waals surface area contributed by atoms with Gasteiger partial charge in [0, 0.05) is 0 Å². The summed E-state index contributed by atoms with van der Waals surface area (Å²) in [4.78, 5) is 25.9. The highest BCUT2D eigenvalue weighted by Crippen LogP contribution is 2.31. The van der Waals surface area contributed by atoms with E-state index in [2.05, 4.69) is 0 Å². The predicted octanol–water partition coefficient (Wildman–Crippen LogP) is 3.56. The Balaban J connectivity index is 1.77. The molecule has 2 unspecified atom stereocenters. The topological polar surface area (TPSA) is 122 Å². The summed E-state index contributed by atoms with van der Waals surface area (Å²) >= 11 is 0. The smallest absolute Gasteiger partial charge is 0.314 e. The molecular weight excluding hydrogens is 482 g/mol. The summed E-state index contributed by atoms with van der Waals surface area (Å²) in [6, 6.07) is 24.5. The third kappa shape index (κ3) is 8.51. The number of nitrogens with two attached hydrogens (primary N) is 1. The molecule has 190 valence electrons. The Labute approximate surface area is 211 Å². The number of hydrogen-bond acceptors (Lipinski definition) is 8. The second-order valence-corrected chi connectivity index (χ2v) is 9.85. The van der Waals surface area contributed by atoms with Crippen molar-refractivity contribution in [3.63, 3.8) is 0 Å². The number of carbonyl (C=O) groups excluding carboxylic acids is 2. The monoisotopic (exact) mass is 511 g/mol. The van der Waals surface area contributed by atoms with E-state index in [9.17, 15) is 18.0 Å². The Morgan fingerprint density at radius 3 is 1.83 bits per heavy atom. The first-order valence-electron chi connectivity index (χ1n) is 11.3. The molecule has 0 aliphatic rings. The normalized spacial score (nSPS) is 12.8. The van der Waals surface area contributed by atoms with Gasteiger partial charge in [-0.05, 0) is 41.3 Å². The summed E-state index contributed by atoms with van der Waals surface area (Å²) in [6.45, 7) is 0.186. The minimum atomic E-state index is -3.70. The lowest BCUT2D eigenvalue weighted by Crippen LogP contribution is -2.31. The van der Waals surface area contributed by atoms with E-state index in [1.165, 1.54) is 12.1 Å². The van der Waals surface area contributed by atoms with Crippen LogP contribution in [0.4, 0.5) is 0 Å². The predicted molar refractivity (Wildman–Crippen MR) is 134 cm³/mol. The Kier molecular flexibility index (Phi) is 9.61. The van der Waals surface area contributed by atoms with E-state index in [1.54, 1.807) is 12.1 Å². The lowest BCUT2D eigenvalue weighted by atomic mass is 9.83. The van der Waals surface area contributed by atoms with Crippen LogP contribution in [0.3, 0.4) is 0 Å². The highest BCUT2D eigenvalue weighted by Gasteiger charge is 2.33. The third-order valence-corrected chi connectivity index (χ3v) is 5.91. The fourth-order valence-electron chi connectivity index (χ4n) is 3.67. The second kappa shape index (κ2) is 12.9. The van der Waals surface area contributed by atoms with E-state index in [-0.39, 0.29) is 31.9 Å². The quantitative estimate of drug-likeness (QED) is 0.289. The molecule has 2 N–H and O–H groups in total. The van der Waals surface area contributed by atoms with Crippen molar-refractivity contribution in [3.8, 4) is 5.75 Å². The first kappa shape index (κ1) is 26.9. The maximum atomic E-state index is 13.2. The average molecular weight is 512 g/mol. The van der Waals surface area contributed by atoms with Crippen LogP contribution < -0.4 is 9.92 Å². The molecular formula is C27H29NO7S. The largest absolute Gasteiger partial charge is 0.461 e. The van der Waals surface area contributed by atoms with E-state index < -0.39 is 33.9 Å². The minimum absolute atomic E-state index is 0.0210. The summed E-state index contributed by atoms with van der Waals surface area (Å²) in [5, 5.41) is 0. The molecule has 0 aromatic heterocycles. The Hall–Kier alpha value is -3.69. The zero-order chi connectivity index (χ0) is 26.0. The lowest BCUT2D eigenvalue weighted by Gasteiger charge is -2.25. The van der Waals surface area contributed by atoms with Crippen LogP contribution in [0.15, 0.2) is 84.9 Å². The molecule has 3 aromatic rings. The van der Waals surface area contributed by atoms with Gasteiger partial charge in [0.15, 0.2) is 0 Å². The fraction of sp³-hybridized carbons (Fsp3) is 0.259. The van der Waals surface area contributed by atoms with Crippen LogP contribution in [-0.2, 0) is 42.4 Å². The molecule has 9 heteroatoms. The maximum absolute atomic E-state index is 13.2. The van der Waals surface area contributed by atoms with Gasteiger partial charge in [-0.1, -0.05) is 72.8 Å². The molecule has 0 radical (unpaired) electrons. The van der Waals surface area contributed by atoms with Gasteiger partial charge in [-0.15, -0.1) is 0 Å². The molecule has 0 bridgehead atoms. The van der Waals surface area contributed by atoms with Crippen molar-refractivity contribution in [2.45, 2.75) is 25.6 Å². The maximum Gasteiger partial charge on any atom is 0.314 e. The van der Waals surface area contributed by atoms with Gasteiger partial charge in [-0.25, -0.2) is 0 Å². The highest BCUT2D eigenvalue weighted by molar-refractivity contribution is 7.86. The van der Waals surface area contributed by atoms with Gasteiger partial charge in [-0.2, -0.15) is 8.42 Å². The minimum Gasteiger partial charge on any atom is -0.461 e. The SMILES string of the molecule is CS(=O)(=O)Oc1ccc(C(C(=O)OCc2ccccc2)C(CN)CC(=O)OCc2ccccc2)cc1. The summed E-state index contributed by atoms with van der Waals surface area (Å²) in [6.07, 6.45) is 0.839. The first-order valence-corrected chi connectivity index (χ1v) is 13.2. The summed E-state index contributed by atoms with van der Waals surface area (Å²) in [7, 11) is -3.70. The number of hydrogen-bond donors (Lipinski definition) is 1. The summed E-state index contributed by atoms with van der Waals surface area (Å²) in [5.74, 6) is -2.44. The van der Waals surface area contributed by atoms with Gasteiger partial charge in [0.2, 0.25) is 0 Å². The van der Waals surface area contributed by atoms with Crippen molar-refractivity contribution < 1.29 is 31.7 Å². The lowest BCUT2D eigenvalue weighted by molar-refractivity contribution is -0.150.